The summed E-state index contributed by atoms with van der Waals surface area (Å²) in [6, 6.07) is 6.69. The van der Waals surface area contributed by atoms with Gasteiger partial charge in [-0.2, -0.15) is 0 Å². The topological polar surface area (TPSA) is 101 Å². The molecule has 0 saturated carbocycles. The largest absolute Gasteiger partial charge is 0.358 e. The van der Waals surface area contributed by atoms with E-state index < -0.39 is 17.4 Å². The average molecular weight is 505 g/mol. The van der Waals surface area contributed by atoms with Gasteiger partial charge in [0.1, 0.15) is 23.5 Å². The number of hydrogen-bond donors (Lipinski definition) is 2. The molecule has 5 rings (SSSR count). The summed E-state index contributed by atoms with van der Waals surface area (Å²) in [5.74, 6) is 0.0364. The summed E-state index contributed by atoms with van der Waals surface area (Å²) < 4.78 is 15.5. The van der Waals surface area contributed by atoms with Crippen LogP contribution in [0.2, 0.25) is 15.1 Å². The minimum Gasteiger partial charge on any atom is -0.358 e. The Balaban J connectivity index is 1.76. The number of aromatic nitrogens is 6. The van der Waals surface area contributed by atoms with Crippen LogP contribution in [-0.4, -0.2) is 29.5 Å². The normalized spacial score (nSPS) is 12.4. The molecule has 166 valence electrons. The lowest BCUT2D eigenvalue weighted by Crippen LogP contribution is -2.28. The number of benzene rings is 2. The molecular weight excluding hydrogens is 492 g/mol. The molecule has 0 unspecified atom stereocenters. The van der Waals surface area contributed by atoms with Gasteiger partial charge in [0.05, 0.1) is 39.0 Å². The van der Waals surface area contributed by atoms with Gasteiger partial charge in [0, 0.05) is 5.02 Å². The number of aromatic amines is 1. The summed E-state index contributed by atoms with van der Waals surface area (Å²) in [5, 5.41) is 3.46. The number of nitrogens with zero attached hydrogens (tertiary/aromatic N) is 5. The first-order valence-corrected chi connectivity index (χ1v) is 10.7. The van der Waals surface area contributed by atoms with E-state index in [9.17, 15) is 9.18 Å². The molecule has 1 atom stereocenters. The van der Waals surface area contributed by atoms with Gasteiger partial charge in [0.2, 0.25) is 0 Å². The molecule has 0 aliphatic carbocycles. The Morgan fingerprint density at radius 1 is 1.12 bits per heavy atom. The van der Waals surface area contributed by atoms with Gasteiger partial charge in [0.25, 0.3) is 5.56 Å². The van der Waals surface area contributed by atoms with Gasteiger partial charge in [0.15, 0.2) is 11.5 Å². The Bertz CT molecular complexity index is 1600. The molecule has 8 nitrogen and oxygen atoms in total. The molecule has 3 aromatic heterocycles. The minimum absolute atomic E-state index is 0.0587. The number of nitrogens with one attached hydrogen (secondary N) is 2. The molecule has 0 bridgehead atoms. The molecule has 0 aliphatic heterocycles. The molecular formula is C21H13Cl3FN7O. The predicted molar refractivity (Wildman–Crippen MR) is 126 cm³/mol. The Morgan fingerprint density at radius 2 is 1.94 bits per heavy atom. The van der Waals surface area contributed by atoms with E-state index in [-0.39, 0.29) is 20.9 Å². The first kappa shape index (κ1) is 21.6. The van der Waals surface area contributed by atoms with Crippen molar-refractivity contribution in [1.29, 1.82) is 0 Å². The highest BCUT2D eigenvalue weighted by molar-refractivity contribution is 6.36. The van der Waals surface area contributed by atoms with E-state index in [0.717, 1.165) is 6.07 Å². The van der Waals surface area contributed by atoms with Crippen LogP contribution >= 0.6 is 34.8 Å². The van der Waals surface area contributed by atoms with E-state index in [1.54, 1.807) is 19.1 Å². The van der Waals surface area contributed by atoms with Crippen molar-refractivity contribution in [2.24, 2.45) is 0 Å². The SMILES string of the molecule is C[C@@H](Nc1ncnc2nc[nH]c12)c1nc2ccc(F)c(Cl)c2c(=O)n1-c1ccc(Cl)cc1Cl. The summed E-state index contributed by atoms with van der Waals surface area (Å²) in [6.07, 6.45) is 2.88. The monoisotopic (exact) mass is 503 g/mol. The van der Waals surface area contributed by atoms with E-state index in [2.05, 4.69) is 30.2 Å². The summed E-state index contributed by atoms with van der Waals surface area (Å²) >= 11 is 18.6. The van der Waals surface area contributed by atoms with Crippen LogP contribution in [0.25, 0.3) is 27.8 Å². The predicted octanol–water partition coefficient (Wildman–Crippen LogP) is 5.32. The quantitative estimate of drug-likeness (QED) is 0.343. The highest BCUT2D eigenvalue weighted by Crippen LogP contribution is 2.30. The lowest BCUT2D eigenvalue weighted by Gasteiger charge is -2.21. The molecule has 3 heterocycles. The van der Waals surface area contributed by atoms with Gasteiger partial charge in [-0.15, -0.1) is 0 Å². The zero-order chi connectivity index (χ0) is 23.3. The van der Waals surface area contributed by atoms with Gasteiger partial charge in [-0.3, -0.25) is 9.36 Å². The number of fused-ring (bicyclic) bond motifs is 2. The van der Waals surface area contributed by atoms with Crippen molar-refractivity contribution >= 4 is 62.7 Å². The second kappa shape index (κ2) is 8.26. The number of anilines is 1. The zero-order valence-electron chi connectivity index (χ0n) is 16.8. The third-order valence-corrected chi connectivity index (χ3v) is 5.98. The standard InChI is InChI=1S/C21H13Cl3FN7O/c1-9(30-19-17-18(27-7-26-17)28-8-29-19)20-31-13-4-3-12(25)16(24)15(13)21(33)32(20)14-5-2-10(22)6-11(14)23/h2-9H,1H3,(H2,26,27,28,29,30)/t9-/m1/s1. The maximum absolute atomic E-state index is 14.2. The van der Waals surface area contributed by atoms with Crippen molar-refractivity contribution in [1.82, 2.24) is 29.5 Å². The fraction of sp³-hybridized carbons (Fsp3) is 0.0952. The van der Waals surface area contributed by atoms with Crippen LogP contribution in [0.5, 0.6) is 0 Å². The number of hydrogen-bond acceptors (Lipinski definition) is 6. The van der Waals surface area contributed by atoms with E-state index in [1.807, 2.05) is 0 Å². The fourth-order valence-corrected chi connectivity index (χ4v) is 4.29. The lowest BCUT2D eigenvalue weighted by molar-refractivity contribution is 0.629. The molecule has 0 fully saturated rings. The van der Waals surface area contributed by atoms with Crippen LogP contribution in [0.3, 0.4) is 0 Å². The van der Waals surface area contributed by atoms with Crippen molar-refractivity contribution in [3.8, 4) is 5.69 Å². The van der Waals surface area contributed by atoms with Crippen LogP contribution < -0.4 is 10.9 Å². The second-order valence-electron chi connectivity index (χ2n) is 7.15. The van der Waals surface area contributed by atoms with E-state index in [1.165, 1.54) is 29.4 Å². The maximum Gasteiger partial charge on any atom is 0.267 e. The molecule has 2 N–H and O–H groups in total. The van der Waals surface area contributed by atoms with E-state index >= 15 is 0 Å². The van der Waals surface area contributed by atoms with Crippen LogP contribution in [0, 0.1) is 5.82 Å². The highest BCUT2D eigenvalue weighted by atomic mass is 35.5. The number of H-pyrrole nitrogens is 1. The lowest BCUT2D eigenvalue weighted by atomic mass is 10.2. The third-order valence-electron chi connectivity index (χ3n) is 5.07. The Labute approximate surface area is 200 Å². The third kappa shape index (κ3) is 3.68. The first-order valence-electron chi connectivity index (χ1n) is 9.62. The molecule has 33 heavy (non-hydrogen) atoms. The van der Waals surface area contributed by atoms with Crippen LogP contribution in [0.1, 0.15) is 18.8 Å². The maximum atomic E-state index is 14.2. The molecule has 12 heteroatoms. The first-order chi connectivity index (χ1) is 15.8. The van der Waals surface area contributed by atoms with Crippen molar-refractivity contribution < 1.29 is 4.39 Å². The molecule has 0 aliphatic rings. The smallest absolute Gasteiger partial charge is 0.267 e. The molecule has 0 spiro atoms. The average Bonchev–Trinajstić information content (AvgIpc) is 3.27. The molecule has 0 saturated heterocycles. The van der Waals surface area contributed by atoms with E-state index in [0.29, 0.717) is 33.5 Å². The van der Waals surface area contributed by atoms with Crippen molar-refractivity contribution in [2.45, 2.75) is 13.0 Å². The molecule has 2 aromatic carbocycles. The Morgan fingerprint density at radius 3 is 2.73 bits per heavy atom. The van der Waals surface area contributed by atoms with Crippen molar-refractivity contribution in [3.05, 3.63) is 80.0 Å². The van der Waals surface area contributed by atoms with Crippen LogP contribution in [0.15, 0.2) is 47.8 Å². The van der Waals surface area contributed by atoms with Crippen molar-refractivity contribution in [3.63, 3.8) is 0 Å². The van der Waals surface area contributed by atoms with Gasteiger partial charge in [-0.25, -0.2) is 24.3 Å². The fourth-order valence-electron chi connectivity index (χ4n) is 3.56. The summed E-state index contributed by atoms with van der Waals surface area (Å²) in [6.45, 7) is 1.80. The van der Waals surface area contributed by atoms with E-state index in [4.69, 9.17) is 34.8 Å². The Kier molecular flexibility index (Phi) is 5.40. The number of rotatable bonds is 4. The summed E-state index contributed by atoms with van der Waals surface area (Å²) in [4.78, 5) is 33.7. The van der Waals surface area contributed by atoms with Crippen LogP contribution in [-0.2, 0) is 0 Å². The Hall–Kier alpha value is -3.27. The van der Waals surface area contributed by atoms with Gasteiger partial charge in [-0.05, 0) is 37.3 Å². The summed E-state index contributed by atoms with van der Waals surface area (Å²) in [5.41, 5.74) is 1.05. The molecule has 0 radical (unpaired) electrons. The number of halogens is 4. The van der Waals surface area contributed by atoms with Gasteiger partial charge >= 0.3 is 0 Å². The molecule has 5 aromatic rings. The zero-order valence-corrected chi connectivity index (χ0v) is 19.0. The molecule has 0 amide bonds. The van der Waals surface area contributed by atoms with Crippen LogP contribution in [0.4, 0.5) is 10.2 Å². The highest BCUT2D eigenvalue weighted by Gasteiger charge is 2.23. The van der Waals surface area contributed by atoms with Crippen molar-refractivity contribution in [2.75, 3.05) is 5.32 Å². The van der Waals surface area contributed by atoms with Gasteiger partial charge in [-0.1, -0.05) is 34.8 Å². The summed E-state index contributed by atoms with van der Waals surface area (Å²) in [7, 11) is 0. The number of imidazole rings is 1. The van der Waals surface area contributed by atoms with Gasteiger partial charge < -0.3 is 10.3 Å². The second-order valence-corrected chi connectivity index (χ2v) is 8.37. The minimum atomic E-state index is -0.724.